The van der Waals surface area contributed by atoms with Crippen LogP contribution in [0.1, 0.15) is 22.7 Å². The Bertz CT molecular complexity index is 1050. The van der Waals surface area contributed by atoms with Crippen molar-refractivity contribution in [1.82, 2.24) is 10.3 Å². The average Bonchev–Trinajstić information content (AvgIpc) is 3.38. The number of benzene rings is 1. The molecule has 0 aliphatic carbocycles. The van der Waals surface area contributed by atoms with E-state index in [-0.39, 0.29) is 24.6 Å². The van der Waals surface area contributed by atoms with Gasteiger partial charge in [0.05, 0.1) is 28.5 Å². The predicted molar refractivity (Wildman–Crippen MR) is 124 cm³/mol. The minimum Gasteiger partial charge on any atom is -0.375 e. The maximum atomic E-state index is 11.8. The average molecular weight is 459 g/mol. The molecule has 1 aliphatic rings. The van der Waals surface area contributed by atoms with Crippen molar-refractivity contribution in [3.05, 3.63) is 75.7 Å². The quantitative estimate of drug-likeness (QED) is 0.528. The normalized spacial score (nSPS) is 18.3. The van der Waals surface area contributed by atoms with Gasteiger partial charge in [-0.25, -0.2) is 0 Å². The first-order valence-electron chi connectivity index (χ1n) is 9.21. The highest BCUT2D eigenvalue weighted by molar-refractivity contribution is 7.80. The van der Waals surface area contributed by atoms with Gasteiger partial charge in [-0.3, -0.25) is 9.78 Å². The number of amides is 1. The number of halogens is 1. The molecule has 4 rings (SSSR count). The number of hydrogen-bond donors (Lipinski definition) is 2. The van der Waals surface area contributed by atoms with Crippen LogP contribution in [0.3, 0.4) is 0 Å². The zero-order valence-corrected chi connectivity index (χ0v) is 18.4. The van der Waals surface area contributed by atoms with Gasteiger partial charge >= 0.3 is 0 Å². The summed E-state index contributed by atoms with van der Waals surface area (Å²) in [5.74, 6) is -0.266. The van der Waals surface area contributed by atoms with Crippen molar-refractivity contribution >= 4 is 57.5 Å². The summed E-state index contributed by atoms with van der Waals surface area (Å²) in [6.07, 6.45) is 1.78. The number of methoxy groups -OCH3 is 1. The van der Waals surface area contributed by atoms with Crippen LogP contribution >= 0.6 is 35.2 Å². The van der Waals surface area contributed by atoms with E-state index in [1.807, 2.05) is 40.6 Å². The molecular weight excluding hydrogens is 440 g/mol. The Morgan fingerprint density at radius 3 is 2.87 bits per heavy atom. The lowest BCUT2D eigenvalue weighted by Crippen LogP contribution is -2.29. The Balaban J connectivity index is 1.69. The second-order valence-electron chi connectivity index (χ2n) is 6.66. The molecule has 0 saturated carbocycles. The first-order chi connectivity index (χ1) is 14.6. The van der Waals surface area contributed by atoms with Crippen LogP contribution in [-0.4, -0.2) is 29.7 Å². The highest BCUT2D eigenvalue weighted by Gasteiger charge is 2.41. The highest BCUT2D eigenvalue weighted by Crippen LogP contribution is 2.43. The first-order valence-corrected chi connectivity index (χ1v) is 10.9. The van der Waals surface area contributed by atoms with Crippen molar-refractivity contribution in [1.29, 1.82) is 0 Å². The van der Waals surface area contributed by atoms with Crippen LogP contribution < -0.4 is 15.5 Å². The van der Waals surface area contributed by atoms with E-state index < -0.39 is 0 Å². The summed E-state index contributed by atoms with van der Waals surface area (Å²) >= 11 is 13.8. The zero-order chi connectivity index (χ0) is 21.1. The van der Waals surface area contributed by atoms with Crippen LogP contribution in [0.5, 0.6) is 0 Å². The Morgan fingerprint density at radius 1 is 1.33 bits per heavy atom. The summed E-state index contributed by atoms with van der Waals surface area (Å²) in [6, 6.07) is 15.3. The largest absolute Gasteiger partial charge is 0.375 e. The van der Waals surface area contributed by atoms with Crippen molar-refractivity contribution in [2.75, 3.05) is 23.9 Å². The lowest BCUT2D eigenvalue weighted by Gasteiger charge is -2.27. The van der Waals surface area contributed by atoms with E-state index in [9.17, 15) is 4.79 Å². The lowest BCUT2D eigenvalue weighted by atomic mass is 10.0. The van der Waals surface area contributed by atoms with E-state index in [1.165, 1.54) is 7.11 Å². The van der Waals surface area contributed by atoms with Crippen molar-refractivity contribution < 1.29 is 9.53 Å². The summed E-state index contributed by atoms with van der Waals surface area (Å²) in [5.41, 5.74) is 2.27. The number of thiocarbonyl (C=S) groups is 1. The number of carbonyl (C=O) groups is 1. The number of pyridine rings is 1. The molecule has 0 unspecified atom stereocenters. The number of nitrogens with zero attached hydrogens (tertiary/aromatic N) is 2. The third-order valence-corrected chi connectivity index (χ3v) is 6.28. The fourth-order valence-corrected chi connectivity index (χ4v) is 4.87. The van der Waals surface area contributed by atoms with Crippen LogP contribution in [0.25, 0.3) is 0 Å². The topological polar surface area (TPSA) is 66.5 Å². The second-order valence-corrected chi connectivity index (χ2v) is 8.43. The molecule has 1 aromatic carbocycles. The predicted octanol–water partition coefficient (Wildman–Crippen LogP) is 4.56. The Labute approximate surface area is 188 Å². The van der Waals surface area contributed by atoms with Crippen molar-refractivity contribution in [3.63, 3.8) is 0 Å². The Morgan fingerprint density at radius 2 is 2.20 bits per heavy atom. The standard InChI is InChI=1S/C21H19ClN4O2S2/c1-28-12-18(27)24-15-8-7-13(11-14(15)22)26-20(17-6-4-10-30-17)19(25-21(26)29)16-5-2-3-9-23-16/h2-11,19-20H,12H2,1H3,(H,24,27)(H,25,29)/t19-,20+/m0/s1. The molecule has 0 bridgehead atoms. The van der Waals surface area contributed by atoms with Crippen LogP contribution in [0.4, 0.5) is 11.4 Å². The van der Waals surface area contributed by atoms with Gasteiger partial charge < -0.3 is 20.3 Å². The van der Waals surface area contributed by atoms with Gasteiger partial charge in [-0.05, 0) is 54.0 Å². The highest BCUT2D eigenvalue weighted by atomic mass is 35.5. The third-order valence-electron chi connectivity index (χ3n) is 4.71. The molecule has 1 saturated heterocycles. The van der Waals surface area contributed by atoms with Gasteiger partial charge in [-0.1, -0.05) is 23.7 Å². The van der Waals surface area contributed by atoms with E-state index >= 15 is 0 Å². The monoisotopic (exact) mass is 458 g/mol. The number of rotatable bonds is 6. The molecule has 9 heteroatoms. The van der Waals surface area contributed by atoms with E-state index in [0.717, 1.165) is 16.3 Å². The molecule has 154 valence electrons. The van der Waals surface area contributed by atoms with Crippen molar-refractivity contribution in [2.45, 2.75) is 12.1 Å². The Hall–Kier alpha value is -2.52. The molecule has 2 aromatic heterocycles. The molecule has 2 N–H and O–H groups in total. The van der Waals surface area contributed by atoms with Gasteiger partial charge in [0.25, 0.3) is 0 Å². The van der Waals surface area contributed by atoms with Crippen LogP contribution in [0, 0.1) is 0 Å². The molecule has 1 aliphatic heterocycles. The van der Waals surface area contributed by atoms with E-state index in [4.69, 9.17) is 28.6 Å². The molecule has 1 amide bonds. The van der Waals surface area contributed by atoms with Gasteiger partial charge in [-0.2, -0.15) is 0 Å². The fraction of sp³-hybridized carbons (Fsp3) is 0.190. The van der Waals surface area contributed by atoms with Gasteiger partial charge in [-0.15, -0.1) is 11.3 Å². The molecule has 0 radical (unpaired) electrons. The summed E-state index contributed by atoms with van der Waals surface area (Å²) < 4.78 is 4.85. The molecule has 0 spiro atoms. The number of carbonyl (C=O) groups excluding carboxylic acids is 1. The smallest absolute Gasteiger partial charge is 0.250 e. The number of hydrogen-bond acceptors (Lipinski definition) is 5. The summed E-state index contributed by atoms with van der Waals surface area (Å²) in [4.78, 5) is 19.6. The maximum Gasteiger partial charge on any atom is 0.250 e. The summed E-state index contributed by atoms with van der Waals surface area (Å²) in [7, 11) is 1.47. The van der Waals surface area contributed by atoms with Crippen LogP contribution in [0.2, 0.25) is 5.02 Å². The second kappa shape index (κ2) is 9.09. The summed E-state index contributed by atoms with van der Waals surface area (Å²) in [6.45, 7) is -0.0373. The summed E-state index contributed by atoms with van der Waals surface area (Å²) in [5, 5.41) is 9.22. The van der Waals surface area contributed by atoms with Gasteiger partial charge in [0.1, 0.15) is 6.61 Å². The SMILES string of the molecule is COCC(=O)Nc1ccc(N2C(=S)N[C@@H](c3ccccn3)[C@H]2c2cccs2)cc1Cl. The molecule has 1 fully saturated rings. The molecular formula is C21H19ClN4O2S2. The number of nitrogens with one attached hydrogen (secondary N) is 2. The first kappa shape index (κ1) is 20.7. The van der Waals surface area contributed by atoms with Crippen molar-refractivity contribution in [2.24, 2.45) is 0 Å². The molecule has 3 heterocycles. The molecule has 2 atom stereocenters. The zero-order valence-electron chi connectivity index (χ0n) is 16.0. The van der Waals surface area contributed by atoms with Crippen LogP contribution in [0.15, 0.2) is 60.1 Å². The Kier molecular flexibility index (Phi) is 6.29. The maximum absolute atomic E-state index is 11.8. The molecule has 6 nitrogen and oxygen atoms in total. The van der Waals surface area contributed by atoms with Gasteiger partial charge in [0.2, 0.25) is 5.91 Å². The number of aromatic nitrogens is 1. The lowest BCUT2D eigenvalue weighted by molar-refractivity contribution is -0.119. The number of thiophene rings is 1. The van der Waals surface area contributed by atoms with E-state index in [2.05, 4.69) is 21.7 Å². The molecule has 3 aromatic rings. The molecule has 30 heavy (non-hydrogen) atoms. The fourth-order valence-electron chi connectivity index (χ4n) is 3.45. The number of ether oxygens (including phenoxy) is 1. The minimum absolute atomic E-state index is 0.0373. The van der Waals surface area contributed by atoms with E-state index in [0.29, 0.717) is 15.8 Å². The van der Waals surface area contributed by atoms with Crippen LogP contribution in [-0.2, 0) is 9.53 Å². The number of anilines is 2. The minimum atomic E-state index is -0.266. The van der Waals surface area contributed by atoms with Crippen molar-refractivity contribution in [3.8, 4) is 0 Å². The van der Waals surface area contributed by atoms with E-state index in [1.54, 1.807) is 29.7 Å². The third kappa shape index (κ3) is 4.17. The van der Waals surface area contributed by atoms with Gasteiger partial charge in [0, 0.05) is 23.9 Å². The van der Waals surface area contributed by atoms with Gasteiger partial charge in [0.15, 0.2) is 5.11 Å².